The molecule has 4 aromatic rings. The van der Waals surface area contributed by atoms with Crippen molar-refractivity contribution in [3.63, 3.8) is 0 Å². The fourth-order valence-corrected chi connectivity index (χ4v) is 3.21. The van der Waals surface area contributed by atoms with Crippen molar-refractivity contribution in [2.45, 2.75) is 26.4 Å². The largest absolute Gasteiger partial charge is 0.494 e. The molecule has 0 unspecified atom stereocenters. The second kappa shape index (κ2) is 10.9. The average Bonchev–Trinajstić information content (AvgIpc) is 3.36. The second-order valence-electron chi connectivity index (χ2n) is 7.47. The number of hydrogen-bond acceptors (Lipinski definition) is 5. The number of amides is 1. The Balaban J connectivity index is 1.35. The van der Waals surface area contributed by atoms with Crippen LogP contribution in [0.15, 0.2) is 85.3 Å². The van der Waals surface area contributed by atoms with E-state index >= 15 is 0 Å². The van der Waals surface area contributed by atoms with Crippen LogP contribution in [-0.4, -0.2) is 27.3 Å². The molecular formula is C26H26N4O3. The van der Waals surface area contributed by atoms with Gasteiger partial charge in [-0.15, -0.1) is 0 Å². The molecule has 0 aliphatic rings. The zero-order valence-corrected chi connectivity index (χ0v) is 18.5. The van der Waals surface area contributed by atoms with Gasteiger partial charge in [-0.25, -0.2) is 4.98 Å². The molecule has 0 saturated carbocycles. The van der Waals surface area contributed by atoms with Crippen molar-refractivity contribution in [3.8, 4) is 17.4 Å². The topological polar surface area (TPSA) is 78.3 Å². The number of benzene rings is 2. The van der Waals surface area contributed by atoms with Gasteiger partial charge in [-0.3, -0.25) is 9.48 Å². The minimum Gasteiger partial charge on any atom is -0.494 e. The Hall–Kier alpha value is -4.13. The van der Waals surface area contributed by atoms with Gasteiger partial charge in [-0.2, -0.15) is 5.10 Å². The van der Waals surface area contributed by atoms with Crippen LogP contribution in [0.2, 0.25) is 0 Å². The Bertz CT molecular complexity index is 1160. The van der Waals surface area contributed by atoms with Crippen LogP contribution in [0.4, 0.5) is 0 Å². The molecule has 2 heterocycles. The van der Waals surface area contributed by atoms with Crippen molar-refractivity contribution < 1.29 is 14.3 Å². The highest BCUT2D eigenvalue weighted by Crippen LogP contribution is 2.25. The molecular weight excluding hydrogens is 416 g/mol. The van der Waals surface area contributed by atoms with Crippen LogP contribution in [0, 0.1) is 0 Å². The van der Waals surface area contributed by atoms with Gasteiger partial charge in [-0.1, -0.05) is 25.1 Å². The highest BCUT2D eigenvalue weighted by Gasteiger charge is 2.10. The van der Waals surface area contributed by atoms with E-state index in [1.807, 2.05) is 77.6 Å². The number of aromatic nitrogens is 3. The molecule has 0 saturated heterocycles. The van der Waals surface area contributed by atoms with E-state index < -0.39 is 0 Å². The number of rotatable bonds is 10. The zero-order chi connectivity index (χ0) is 22.9. The van der Waals surface area contributed by atoms with E-state index in [-0.39, 0.29) is 5.91 Å². The maximum absolute atomic E-state index is 12.6. The second-order valence-corrected chi connectivity index (χ2v) is 7.47. The normalized spacial score (nSPS) is 10.6. The molecule has 0 bridgehead atoms. The molecule has 1 amide bonds. The third-order valence-corrected chi connectivity index (χ3v) is 4.92. The van der Waals surface area contributed by atoms with Crippen LogP contribution in [0.1, 0.15) is 34.8 Å². The molecule has 0 aliphatic heterocycles. The van der Waals surface area contributed by atoms with Crippen LogP contribution in [-0.2, 0) is 13.1 Å². The summed E-state index contributed by atoms with van der Waals surface area (Å²) in [5.41, 5.74) is 2.45. The van der Waals surface area contributed by atoms with E-state index in [1.54, 1.807) is 12.4 Å². The fourth-order valence-electron chi connectivity index (χ4n) is 3.21. The lowest BCUT2D eigenvalue weighted by Crippen LogP contribution is -2.23. The van der Waals surface area contributed by atoms with Gasteiger partial charge in [0.05, 0.1) is 13.2 Å². The Morgan fingerprint density at radius 3 is 2.48 bits per heavy atom. The fraction of sp³-hybridized carbons (Fsp3) is 0.192. The Kier molecular flexibility index (Phi) is 7.33. The number of nitrogens with one attached hydrogen (secondary N) is 1. The summed E-state index contributed by atoms with van der Waals surface area (Å²) in [4.78, 5) is 17.0. The van der Waals surface area contributed by atoms with Crippen LogP contribution in [0.25, 0.3) is 0 Å². The molecule has 1 N–H and O–H groups in total. The zero-order valence-electron chi connectivity index (χ0n) is 18.5. The number of ether oxygens (including phenoxy) is 2. The first-order chi connectivity index (χ1) is 16.2. The molecule has 7 heteroatoms. The summed E-state index contributed by atoms with van der Waals surface area (Å²) >= 11 is 0. The minimum atomic E-state index is -0.159. The molecule has 33 heavy (non-hydrogen) atoms. The maximum Gasteiger partial charge on any atom is 0.251 e. The summed E-state index contributed by atoms with van der Waals surface area (Å²) in [6, 6.07) is 20.5. The van der Waals surface area contributed by atoms with E-state index in [0.29, 0.717) is 36.9 Å². The van der Waals surface area contributed by atoms with Crippen molar-refractivity contribution in [3.05, 3.63) is 102 Å². The van der Waals surface area contributed by atoms with Gasteiger partial charge in [0.25, 0.3) is 5.91 Å². The minimum absolute atomic E-state index is 0.159. The van der Waals surface area contributed by atoms with Gasteiger partial charge in [0.1, 0.15) is 11.5 Å². The first-order valence-corrected chi connectivity index (χ1v) is 10.9. The SMILES string of the molecule is CCCOc1ccc(Oc2ncccc2CNC(=O)c2ccc(Cn3cccn3)cc2)cc1. The molecule has 0 radical (unpaired) electrons. The van der Waals surface area contributed by atoms with E-state index in [1.165, 1.54) is 0 Å². The average molecular weight is 443 g/mol. The van der Waals surface area contributed by atoms with Crippen LogP contribution in [0.5, 0.6) is 17.4 Å². The summed E-state index contributed by atoms with van der Waals surface area (Å²) in [5, 5.41) is 7.14. The Morgan fingerprint density at radius 1 is 0.970 bits per heavy atom. The monoisotopic (exact) mass is 442 g/mol. The van der Waals surface area contributed by atoms with Crippen molar-refractivity contribution in [2.75, 3.05) is 6.61 Å². The van der Waals surface area contributed by atoms with E-state index in [4.69, 9.17) is 9.47 Å². The van der Waals surface area contributed by atoms with Crippen molar-refractivity contribution >= 4 is 5.91 Å². The molecule has 0 spiro atoms. The molecule has 0 fully saturated rings. The highest BCUT2D eigenvalue weighted by atomic mass is 16.5. The highest BCUT2D eigenvalue weighted by molar-refractivity contribution is 5.94. The number of pyridine rings is 1. The molecule has 2 aromatic carbocycles. The van der Waals surface area contributed by atoms with E-state index in [0.717, 1.165) is 23.3 Å². The summed E-state index contributed by atoms with van der Waals surface area (Å²) in [5.74, 6) is 1.74. The van der Waals surface area contributed by atoms with Gasteiger partial charge in [0, 0.05) is 36.3 Å². The quantitative estimate of drug-likeness (QED) is 0.380. The predicted octanol–water partition coefficient (Wildman–Crippen LogP) is 4.84. The lowest BCUT2D eigenvalue weighted by Gasteiger charge is -2.12. The van der Waals surface area contributed by atoms with Crippen LogP contribution in [0.3, 0.4) is 0 Å². The smallest absolute Gasteiger partial charge is 0.251 e. The summed E-state index contributed by atoms with van der Waals surface area (Å²) < 4.78 is 13.4. The van der Waals surface area contributed by atoms with Gasteiger partial charge in [0.2, 0.25) is 5.88 Å². The standard InChI is InChI=1S/C26H26N4O3/c1-2-17-32-23-10-12-24(13-11-23)33-26-22(5-3-14-27-26)18-28-25(31)21-8-6-20(7-9-21)19-30-16-4-15-29-30/h3-16H,2,17-19H2,1H3,(H,28,31). The summed E-state index contributed by atoms with van der Waals surface area (Å²) in [6.45, 7) is 3.71. The molecule has 4 rings (SSSR count). The number of hydrogen-bond donors (Lipinski definition) is 1. The molecule has 2 aromatic heterocycles. The number of carbonyl (C=O) groups is 1. The van der Waals surface area contributed by atoms with Crippen molar-refractivity contribution in [2.24, 2.45) is 0 Å². The third-order valence-electron chi connectivity index (χ3n) is 4.92. The summed E-state index contributed by atoms with van der Waals surface area (Å²) in [7, 11) is 0. The molecule has 168 valence electrons. The van der Waals surface area contributed by atoms with Crippen molar-refractivity contribution in [1.82, 2.24) is 20.1 Å². The van der Waals surface area contributed by atoms with E-state index in [2.05, 4.69) is 22.3 Å². The van der Waals surface area contributed by atoms with Gasteiger partial charge < -0.3 is 14.8 Å². The van der Waals surface area contributed by atoms with E-state index in [9.17, 15) is 4.79 Å². The Labute approximate surface area is 193 Å². The number of carbonyl (C=O) groups excluding carboxylic acids is 1. The molecule has 7 nitrogen and oxygen atoms in total. The molecule has 0 aliphatic carbocycles. The third kappa shape index (κ3) is 6.20. The lowest BCUT2D eigenvalue weighted by molar-refractivity contribution is 0.0950. The van der Waals surface area contributed by atoms with Crippen LogP contribution >= 0.6 is 0 Å². The first-order valence-electron chi connectivity index (χ1n) is 10.9. The van der Waals surface area contributed by atoms with Crippen molar-refractivity contribution in [1.29, 1.82) is 0 Å². The summed E-state index contributed by atoms with van der Waals surface area (Å²) in [6.07, 6.45) is 6.27. The van der Waals surface area contributed by atoms with Gasteiger partial charge >= 0.3 is 0 Å². The lowest BCUT2D eigenvalue weighted by atomic mass is 10.1. The van der Waals surface area contributed by atoms with Gasteiger partial charge in [-0.05, 0) is 60.5 Å². The van der Waals surface area contributed by atoms with Gasteiger partial charge in [0.15, 0.2) is 0 Å². The predicted molar refractivity (Wildman–Crippen MR) is 125 cm³/mol. The Morgan fingerprint density at radius 2 is 1.76 bits per heavy atom. The number of nitrogens with zero attached hydrogens (tertiary/aromatic N) is 3. The first kappa shape index (κ1) is 22.1. The van der Waals surface area contributed by atoms with Crippen LogP contribution < -0.4 is 14.8 Å². The maximum atomic E-state index is 12.6. The molecule has 0 atom stereocenters.